The molecule has 0 bridgehead atoms. The molecule has 0 radical (unpaired) electrons. The molecule has 1 amide bonds. The molecule has 0 spiro atoms. The van der Waals surface area contributed by atoms with E-state index < -0.39 is 5.91 Å². The molecule has 0 aliphatic carbocycles. The number of rotatable bonds is 5. The summed E-state index contributed by atoms with van der Waals surface area (Å²) in [6.45, 7) is 0.270. The van der Waals surface area contributed by atoms with Gasteiger partial charge >= 0.3 is 0 Å². The molecule has 0 fully saturated rings. The lowest BCUT2D eigenvalue weighted by Gasteiger charge is -2.12. The van der Waals surface area contributed by atoms with Crippen molar-refractivity contribution in [2.24, 2.45) is 0 Å². The zero-order valence-electron chi connectivity index (χ0n) is 13.9. The van der Waals surface area contributed by atoms with Gasteiger partial charge in [-0.3, -0.25) is 9.59 Å². The Bertz CT molecular complexity index is 1030. The van der Waals surface area contributed by atoms with Crippen LogP contribution in [0.2, 0.25) is 10.0 Å². The molecule has 5 nitrogen and oxygen atoms in total. The van der Waals surface area contributed by atoms with Gasteiger partial charge in [0.05, 0.1) is 17.2 Å². The van der Waals surface area contributed by atoms with Crippen molar-refractivity contribution in [1.82, 2.24) is 10.3 Å². The predicted molar refractivity (Wildman–Crippen MR) is 104 cm³/mol. The minimum absolute atomic E-state index is 0.170. The summed E-state index contributed by atoms with van der Waals surface area (Å²) in [5.74, 6) is -0.188. The van der Waals surface area contributed by atoms with E-state index in [4.69, 9.17) is 27.9 Å². The first-order valence-corrected chi connectivity index (χ1v) is 8.68. The van der Waals surface area contributed by atoms with Gasteiger partial charge in [-0.25, -0.2) is 0 Å². The number of benzene rings is 2. The number of hydrogen-bond donors (Lipinski definition) is 2. The minimum Gasteiger partial charge on any atom is -0.494 e. The van der Waals surface area contributed by atoms with Gasteiger partial charge in [-0.1, -0.05) is 41.4 Å². The minimum atomic E-state index is -0.411. The van der Waals surface area contributed by atoms with E-state index in [0.29, 0.717) is 17.0 Å². The van der Waals surface area contributed by atoms with E-state index in [-0.39, 0.29) is 28.4 Å². The van der Waals surface area contributed by atoms with Crippen LogP contribution in [0.4, 0.5) is 0 Å². The van der Waals surface area contributed by atoms with E-state index in [1.165, 1.54) is 13.2 Å². The Morgan fingerprint density at radius 3 is 2.65 bits per heavy atom. The summed E-state index contributed by atoms with van der Waals surface area (Å²) in [6.07, 6.45) is 0.381. The second-order valence-corrected chi connectivity index (χ2v) is 6.47. The number of amides is 1. The molecule has 7 heteroatoms. The fraction of sp³-hybridized carbons (Fsp3) is 0.158. The van der Waals surface area contributed by atoms with E-state index in [9.17, 15) is 9.59 Å². The van der Waals surface area contributed by atoms with Crippen LogP contribution in [0.15, 0.2) is 47.3 Å². The monoisotopic (exact) mass is 390 g/mol. The van der Waals surface area contributed by atoms with Crippen LogP contribution in [-0.4, -0.2) is 24.5 Å². The molecule has 0 aliphatic rings. The first-order chi connectivity index (χ1) is 12.5. The van der Waals surface area contributed by atoms with E-state index in [1.54, 1.807) is 6.07 Å². The Kier molecular flexibility index (Phi) is 5.49. The third-order valence-electron chi connectivity index (χ3n) is 4.00. The highest BCUT2D eigenvalue weighted by Gasteiger charge is 2.19. The van der Waals surface area contributed by atoms with Gasteiger partial charge in [-0.15, -0.1) is 0 Å². The Morgan fingerprint density at radius 2 is 1.88 bits per heavy atom. The highest BCUT2D eigenvalue weighted by Crippen LogP contribution is 2.33. The van der Waals surface area contributed by atoms with Crippen molar-refractivity contribution in [2.45, 2.75) is 6.42 Å². The van der Waals surface area contributed by atoms with Crippen LogP contribution in [0.5, 0.6) is 5.75 Å². The van der Waals surface area contributed by atoms with E-state index in [0.717, 1.165) is 10.9 Å². The molecular weight excluding hydrogens is 375 g/mol. The summed E-state index contributed by atoms with van der Waals surface area (Å²) in [7, 11) is 1.42. The number of methoxy groups -OCH3 is 1. The van der Waals surface area contributed by atoms with Crippen LogP contribution >= 0.6 is 23.2 Å². The van der Waals surface area contributed by atoms with E-state index in [1.807, 2.05) is 30.3 Å². The number of halogens is 2. The maximum absolute atomic E-state index is 12.5. The molecule has 2 N–H and O–H groups in total. The average molecular weight is 391 g/mol. The lowest BCUT2D eigenvalue weighted by Crippen LogP contribution is -2.28. The molecule has 0 atom stereocenters. The van der Waals surface area contributed by atoms with Crippen molar-refractivity contribution in [1.29, 1.82) is 0 Å². The topological polar surface area (TPSA) is 71.2 Å². The van der Waals surface area contributed by atoms with Crippen molar-refractivity contribution < 1.29 is 9.53 Å². The molecule has 0 aliphatic heterocycles. The van der Waals surface area contributed by atoms with Crippen LogP contribution in [0.1, 0.15) is 15.9 Å². The fourth-order valence-electron chi connectivity index (χ4n) is 2.72. The van der Waals surface area contributed by atoms with Crippen LogP contribution in [0, 0.1) is 0 Å². The summed E-state index contributed by atoms with van der Waals surface area (Å²) < 4.78 is 5.18. The molecule has 0 saturated heterocycles. The second kappa shape index (κ2) is 7.81. The zero-order chi connectivity index (χ0) is 18.7. The van der Waals surface area contributed by atoms with Gasteiger partial charge in [0.15, 0.2) is 5.75 Å². The quantitative estimate of drug-likeness (QED) is 0.695. The Morgan fingerprint density at radius 1 is 1.15 bits per heavy atom. The van der Waals surface area contributed by atoms with Crippen LogP contribution in [0.3, 0.4) is 0 Å². The number of carbonyl (C=O) groups excluding carboxylic acids is 1. The number of carbonyl (C=O) groups is 1. The molecule has 2 aromatic carbocycles. The Balaban J connectivity index is 1.75. The standard InChI is InChI=1S/C19H16Cl2N2O3/c1-26-17-14(21)7-6-13(20)16(17)19(25)22-9-8-12-10-11-4-2-3-5-15(11)23-18(12)24/h2-7,10H,8-9H2,1H3,(H,22,25)(H,23,24). The molecule has 3 aromatic rings. The summed E-state index contributed by atoms with van der Waals surface area (Å²) in [5.41, 5.74) is 1.37. The van der Waals surface area contributed by atoms with Crippen LogP contribution in [-0.2, 0) is 6.42 Å². The highest BCUT2D eigenvalue weighted by molar-refractivity contribution is 6.37. The lowest BCUT2D eigenvalue weighted by atomic mass is 10.1. The third kappa shape index (κ3) is 3.69. The first-order valence-electron chi connectivity index (χ1n) is 7.92. The van der Waals surface area contributed by atoms with Gasteiger partial charge in [0, 0.05) is 17.6 Å². The molecule has 26 heavy (non-hydrogen) atoms. The second-order valence-electron chi connectivity index (χ2n) is 5.65. The summed E-state index contributed by atoms with van der Waals surface area (Å²) in [6, 6.07) is 12.5. The first kappa shape index (κ1) is 18.3. The maximum Gasteiger partial charge on any atom is 0.256 e. The number of H-pyrrole nitrogens is 1. The molecule has 134 valence electrons. The van der Waals surface area contributed by atoms with Gasteiger partial charge < -0.3 is 15.0 Å². The van der Waals surface area contributed by atoms with Crippen LogP contribution in [0.25, 0.3) is 10.9 Å². The van der Waals surface area contributed by atoms with Gasteiger partial charge in [0.1, 0.15) is 5.56 Å². The number of hydrogen-bond acceptors (Lipinski definition) is 3. The number of para-hydroxylation sites is 1. The lowest BCUT2D eigenvalue weighted by molar-refractivity contribution is 0.0951. The average Bonchev–Trinajstić information content (AvgIpc) is 2.63. The van der Waals surface area contributed by atoms with Crippen molar-refractivity contribution >= 4 is 40.0 Å². The molecule has 0 unspecified atom stereocenters. The van der Waals surface area contributed by atoms with Crippen molar-refractivity contribution in [3.63, 3.8) is 0 Å². The number of ether oxygens (including phenoxy) is 1. The number of fused-ring (bicyclic) bond motifs is 1. The normalized spacial score (nSPS) is 10.7. The molecule has 3 rings (SSSR count). The predicted octanol–water partition coefficient (Wildman–Crippen LogP) is 3.82. The zero-order valence-corrected chi connectivity index (χ0v) is 15.4. The third-order valence-corrected chi connectivity index (χ3v) is 4.61. The summed E-state index contributed by atoms with van der Waals surface area (Å²) >= 11 is 12.1. The molecule has 0 saturated carbocycles. The molecule has 1 heterocycles. The number of aromatic nitrogens is 1. The van der Waals surface area contributed by atoms with Gasteiger partial charge in [-0.2, -0.15) is 0 Å². The van der Waals surface area contributed by atoms with E-state index in [2.05, 4.69) is 10.3 Å². The largest absolute Gasteiger partial charge is 0.494 e. The van der Waals surface area contributed by atoms with Crippen molar-refractivity contribution in [3.05, 3.63) is 74.0 Å². The fourth-order valence-corrected chi connectivity index (χ4v) is 3.19. The smallest absolute Gasteiger partial charge is 0.256 e. The SMILES string of the molecule is COc1c(Cl)ccc(Cl)c1C(=O)NCCc1cc2ccccc2[nH]c1=O. The number of pyridine rings is 1. The number of nitrogens with one attached hydrogen (secondary N) is 2. The highest BCUT2D eigenvalue weighted by atomic mass is 35.5. The van der Waals surface area contributed by atoms with E-state index >= 15 is 0 Å². The molecule has 1 aromatic heterocycles. The van der Waals surface area contributed by atoms with Crippen molar-refractivity contribution in [3.8, 4) is 5.75 Å². The van der Waals surface area contributed by atoms with Crippen LogP contribution < -0.4 is 15.6 Å². The maximum atomic E-state index is 12.5. The Hall–Kier alpha value is -2.50. The van der Waals surface area contributed by atoms with Crippen molar-refractivity contribution in [2.75, 3.05) is 13.7 Å². The van der Waals surface area contributed by atoms with Gasteiger partial charge in [0.2, 0.25) is 0 Å². The summed E-state index contributed by atoms with van der Waals surface area (Å²) in [4.78, 5) is 27.5. The number of aromatic amines is 1. The van der Waals surface area contributed by atoms with Gasteiger partial charge in [-0.05, 0) is 36.1 Å². The molecular formula is C19H16Cl2N2O3. The Labute approximate surface area is 159 Å². The van der Waals surface area contributed by atoms with Gasteiger partial charge in [0.25, 0.3) is 11.5 Å². The summed E-state index contributed by atoms with van der Waals surface area (Å²) in [5, 5.41) is 4.23.